The Morgan fingerprint density at radius 1 is 1.17 bits per heavy atom. The molecule has 1 aliphatic carbocycles. The predicted molar refractivity (Wildman–Crippen MR) is 115 cm³/mol. The number of nitrogens with zero attached hydrogens (tertiary/aromatic N) is 2. The lowest BCUT2D eigenvalue weighted by Crippen LogP contribution is -2.50. The smallest absolute Gasteiger partial charge is 0.271 e. The van der Waals surface area contributed by atoms with Crippen molar-refractivity contribution in [2.24, 2.45) is 0 Å². The predicted octanol–water partition coefficient (Wildman–Crippen LogP) is 3.06. The normalized spacial score (nSPS) is 16.6. The van der Waals surface area contributed by atoms with Crippen LogP contribution < -0.4 is 10.6 Å². The second kappa shape index (κ2) is 9.89. The van der Waals surface area contributed by atoms with Crippen molar-refractivity contribution < 1.29 is 14.7 Å². The fourth-order valence-corrected chi connectivity index (χ4v) is 4.36. The van der Waals surface area contributed by atoms with Crippen LogP contribution in [0.1, 0.15) is 84.5 Å². The van der Waals surface area contributed by atoms with Crippen molar-refractivity contribution in [3.63, 3.8) is 0 Å². The van der Waals surface area contributed by atoms with Crippen LogP contribution in [-0.2, 0) is 0 Å². The lowest BCUT2D eigenvalue weighted by atomic mass is 9.78. The Balaban J connectivity index is 1.93. The van der Waals surface area contributed by atoms with Crippen LogP contribution in [0.25, 0.3) is 0 Å². The van der Waals surface area contributed by atoms with Gasteiger partial charge in [-0.2, -0.15) is 5.10 Å². The second-order valence-corrected chi connectivity index (χ2v) is 8.15. The molecule has 0 radical (unpaired) electrons. The summed E-state index contributed by atoms with van der Waals surface area (Å²) in [6.07, 6.45) is 6.51. The first kappa shape index (κ1) is 22.0. The number of carbonyl (C=O) groups excluding carboxylic acids is 2. The van der Waals surface area contributed by atoms with Gasteiger partial charge in [0.1, 0.15) is 5.69 Å². The van der Waals surface area contributed by atoms with Gasteiger partial charge in [0.2, 0.25) is 0 Å². The minimum atomic E-state index is -0.323. The molecular weight excluding hydrogens is 380 g/mol. The molecule has 1 aliphatic rings. The zero-order chi connectivity index (χ0) is 21.6. The number of hydrogen-bond acceptors (Lipinski definition) is 4. The highest BCUT2D eigenvalue weighted by Crippen LogP contribution is 2.32. The quantitative estimate of drug-likeness (QED) is 0.621. The number of nitrogens with one attached hydrogen (secondary N) is 2. The monoisotopic (exact) mass is 412 g/mol. The van der Waals surface area contributed by atoms with E-state index in [2.05, 4.69) is 15.7 Å². The minimum absolute atomic E-state index is 0.113. The highest BCUT2D eigenvalue weighted by atomic mass is 16.3. The fraction of sp³-hybridized carbons (Fsp3) is 0.522. The van der Waals surface area contributed by atoms with Gasteiger partial charge in [0.05, 0.1) is 6.04 Å². The number of aliphatic hydroxyl groups is 1. The van der Waals surface area contributed by atoms with Crippen LogP contribution >= 0.6 is 0 Å². The van der Waals surface area contributed by atoms with Gasteiger partial charge in [0.15, 0.2) is 5.69 Å². The maximum atomic E-state index is 13.4. The molecule has 1 saturated carbocycles. The van der Waals surface area contributed by atoms with Crippen molar-refractivity contribution >= 4 is 11.8 Å². The number of rotatable bonds is 8. The molecule has 3 N–H and O–H groups in total. The number of benzene rings is 1. The summed E-state index contributed by atoms with van der Waals surface area (Å²) in [7, 11) is 1.55. The third-order valence-corrected chi connectivity index (χ3v) is 6.08. The Hall–Kier alpha value is -2.67. The summed E-state index contributed by atoms with van der Waals surface area (Å²) in [6.45, 7) is 2.08. The van der Waals surface area contributed by atoms with Gasteiger partial charge < -0.3 is 15.7 Å². The van der Waals surface area contributed by atoms with E-state index in [1.54, 1.807) is 17.8 Å². The fourth-order valence-electron chi connectivity index (χ4n) is 4.36. The molecule has 7 nitrogen and oxygen atoms in total. The molecule has 0 bridgehead atoms. The summed E-state index contributed by atoms with van der Waals surface area (Å²) in [5.41, 5.74) is 1.29. The van der Waals surface area contributed by atoms with Crippen LogP contribution in [0.3, 0.4) is 0 Å². The van der Waals surface area contributed by atoms with Crippen molar-refractivity contribution in [2.75, 3.05) is 13.7 Å². The summed E-state index contributed by atoms with van der Waals surface area (Å²) in [6, 6.07) is 11.2. The van der Waals surface area contributed by atoms with E-state index >= 15 is 0 Å². The molecule has 30 heavy (non-hydrogen) atoms. The zero-order valence-corrected chi connectivity index (χ0v) is 17.9. The molecule has 162 valence electrons. The van der Waals surface area contributed by atoms with Gasteiger partial charge in [-0.3, -0.25) is 14.3 Å². The molecule has 1 aromatic heterocycles. The summed E-state index contributed by atoms with van der Waals surface area (Å²) >= 11 is 0. The molecule has 1 heterocycles. The standard InChI is InChI=1S/C23H32N4O3/c1-17(18-10-5-3-6-11-18)27-20(16-19(26-27)21(29)24-2)22(30)25-23(14-9-15-28)12-7-4-8-13-23/h3,5-6,10-11,16-17,28H,4,7-9,12-15H2,1-2H3,(H,24,29)(H,25,30). The molecule has 2 aromatic rings. The van der Waals surface area contributed by atoms with E-state index in [0.717, 1.165) is 37.7 Å². The van der Waals surface area contributed by atoms with E-state index in [1.807, 2.05) is 37.3 Å². The van der Waals surface area contributed by atoms with Crippen LogP contribution in [0.4, 0.5) is 0 Å². The van der Waals surface area contributed by atoms with Crippen molar-refractivity contribution in [3.05, 3.63) is 53.3 Å². The molecule has 3 rings (SSSR count). The van der Waals surface area contributed by atoms with Gasteiger partial charge in [-0.1, -0.05) is 49.6 Å². The zero-order valence-electron chi connectivity index (χ0n) is 17.9. The van der Waals surface area contributed by atoms with Gasteiger partial charge in [0.25, 0.3) is 11.8 Å². The van der Waals surface area contributed by atoms with Crippen molar-refractivity contribution in [2.45, 2.75) is 63.5 Å². The average molecular weight is 413 g/mol. The van der Waals surface area contributed by atoms with E-state index in [0.29, 0.717) is 12.1 Å². The molecule has 1 atom stereocenters. The first-order chi connectivity index (χ1) is 14.5. The molecule has 2 amide bonds. The summed E-state index contributed by atoms with van der Waals surface area (Å²) in [5.74, 6) is -0.545. The molecule has 0 saturated heterocycles. The Morgan fingerprint density at radius 2 is 1.87 bits per heavy atom. The lowest BCUT2D eigenvalue weighted by molar-refractivity contribution is 0.0837. The van der Waals surface area contributed by atoms with Crippen LogP contribution in [0, 0.1) is 0 Å². The van der Waals surface area contributed by atoms with E-state index in [4.69, 9.17) is 0 Å². The van der Waals surface area contributed by atoms with Crippen molar-refractivity contribution in [3.8, 4) is 0 Å². The van der Waals surface area contributed by atoms with E-state index < -0.39 is 0 Å². The van der Waals surface area contributed by atoms with Crippen LogP contribution in [0.2, 0.25) is 0 Å². The van der Waals surface area contributed by atoms with E-state index in [9.17, 15) is 14.7 Å². The highest BCUT2D eigenvalue weighted by Gasteiger charge is 2.34. The number of aliphatic hydroxyl groups excluding tert-OH is 1. The summed E-state index contributed by atoms with van der Waals surface area (Å²) in [5, 5.41) is 19.6. The van der Waals surface area contributed by atoms with Crippen molar-refractivity contribution in [1.82, 2.24) is 20.4 Å². The first-order valence-corrected chi connectivity index (χ1v) is 10.8. The van der Waals surface area contributed by atoms with Gasteiger partial charge in [0, 0.05) is 25.3 Å². The van der Waals surface area contributed by atoms with Gasteiger partial charge in [-0.15, -0.1) is 0 Å². The number of amides is 2. The van der Waals surface area contributed by atoms with Gasteiger partial charge in [-0.25, -0.2) is 0 Å². The average Bonchev–Trinajstić information content (AvgIpc) is 3.23. The highest BCUT2D eigenvalue weighted by molar-refractivity contribution is 5.98. The Morgan fingerprint density at radius 3 is 2.50 bits per heavy atom. The molecule has 0 aliphatic heterocycles. The number of aromatic nitrogens is 2. The molecule has 7 heteroatoms. The molecule has 1 fully saturated rings. The first-order valence-electron chi connectivity index (χ1n) is 10.8. The second-order valence-electron chi connectivity index (χ2n) is 8.15. The van der Waals surface area contributed by atoms with E-state index in [-0.39, 0.29) is 35.7 Å². The number of carbonyl (C=O) groups is 2. The minimum Gasteiger partial charge on any atom is -0.396 e. The molecule has 1 aromatic carbocycles. The van der Waals surface area contributed by atoms with Crippen LogP contribution in [-0.4, -0.2) is 45.9 Å². The molecule has 1 unspecified atom stereocenters. The SMILES string of the molecule is CNC(=O)c1cc(C(=O)NC2(CCCO)CCCCC2)n(C(C)c2ccccc2)n1. The lowest BCUT2D eigenvalue weighted by Gasteiger charge is -2.38. The Kier molecular flexibility index (Phi) is 7.26. The summed E-state index contributed by atoms with van der Waals surface area (Å²) in [4.78, 5) is 25.6. The summed E-state index contributed by atoms with van der Waals surface area (Å²) < 4.78 is 1.64. The molecule has 0 spiro atoms. The third-order valence-electron chi connectivity index (χ3n) is 6.08. The maximum absolute atomic E-state index is 13.4. The van der Waals surface area contributed by atoms with Crippen molar-refractivity contribution in [1.29, 1.82) is 0 Å². The van der Waals surface area contributed by atoms with Gasteiger partial charge in [-0.05, 0) is 38.2 Å². The van der Waals surface area contributed by atoms with Crippen LogP contribution in [0.15, 0.2) is 36.4 Å². The molecular formula is C23H32N4O3. The third kappa shape index (κ3) is 4.90. The van der Waals surface area contributed by atoms with E-state index in [1.165, 1.54) is 6.42 Å². The van der Waals surface area contributed by atoms with Gasteiger partial charge >= 0.3 is 0 Å². The topological polar surface area (TPSA) is 96.3 Å². The Labute approximate surface area is 177 Å². The van der Waals surface area contributed by atoms with Crippen LogP contribution in [0.5, 0.6) is 0 Å². The Bertz CT molecular complexity index is 857. The number of hydrogen-bond donors (Lipinski definition) is 3. The maximum Gasteiger partial charge on any atom is 0.271 e. The largest absolute Gasteiger partial charge is 0.396 e.